The SMILES string of the molecule is O=S(=O)(c1ccc(Br)s1)N1CCN(c2cc(C(F)(F)F)nc3ncnn23)CC1. The molecule has 1 saturated heterocycles. The molecule has 150 valence electrons. The third-order valence-corrected chi connectivity index (χ3v) is 8.22. The van der Waals surface area contributed by atoms with Crippen molar-refractivity contribution in [3.8, 4) is 0 Å². The quantitative estimate of drug-likeness (QED) is 0.553. The molecule has 4 rings (SSSR count). The van der Waals surface area contributed by atoms with Gasteiger partial charge in [-0.2, -0.15) is 32.1 Å². The molecule has 0 spiro atoms. The van der Waals surface area contributed by atoms with E-state index in [4.69, 9.17) is 0 Å². The van der Waals surface area contributed by atoms with Crippen LogP contribution in [0.5, 0.6) is 0 Å². The molecule has 0 amide bonds. The molecule has 0 radical (unpaired) electrons. The molecule has 8 nitrogen and oxygen atoms in total. The summed E-state index contributed by atoms with van der Waals surface area (Å²) in [5.41, 5.74) is -1.07. The molecule has 3 aromatic rings. The summed E-state index contributed by atoms with van der Waals surface area (Å²) in [4.78, 5) is 8.88. The summed E-state index contributed by atoms with van der Waals surface area (Å²) >= 11 is 4.36. The van der Waals surface area contributed by atoms with E-state index in [0.29, 0.717) is 3.79 Å². The van der Waals surface area contributed by atoms with Crippen molar-refractivity contribution in [2.24, 2.45) is 0 Å². The van der Waals surface area contributed by atoms with Crippen molar-refractivity contribution in [1.29, 1.82) is 0 Å². The monoisotopic (exact) mass is 496 g/mol. The van der Waals surface area contributed by atoms with E-state index in [1.165, 1.54) is 14.9 Å². The number of hydrogen-bond acceptors (Lipinski definition) is 7. The second-order valence-electron chi connectivity index (χ2n) is 5.92. The van der Waals surface area contributed by atoms with Crippen molar-refractivity contribution in [2.45, 2.75) is 10.4 Å². The fraction of sp³-hybridized carbons (Fsp3) is 0.357. The predicted molar refractivity (Wildman–Crippen MR) is 98.8 cm³/mol. The predicted octanol–water partition coefficient (Wildman–Crippen LogP) is 2.48. The van der Waals surface area contributed by atoms with E-state index in [9.17, 15) is 21.6 Å². The maximum atomic E-state index is 13.1. The van der Waals surface area contributed by atoms with Crippen LogP contribution in [0.3, 0.4) is 0 Å². The Morgan fingerprint density at radius 2 is 1.86 bits per heavy atom. The molecule has 14 heteroatoms. The van der Waals surface area contributed by atoms with Gasteiger partial charge in [0.1, 0.15) is 16.4 Å². The van der Waals surface area contributed by atoms with Crippen molar-refractivity contribution in [3.63, 3.8) is 0 Å². The molecule has 0 unspecified atom stereocenters. The number of alkyl halides is 3. The van der Waals surface area contributed by atoms with Gasteiger partial charge < -0.3 is 4.90 Å². The van der Waals surface area contributed by atoms with Crippen molar-refractivity contribution >= 4 is 48.9 Å². The summed E-state index contributed by atoms with van der Waals surface area (Å²) in [6.07, 6.45) is -3.50. The molecule has 0 saturated carbocycles. The number of sulfonamides is 1. The Morgan fingerprint density at radius 3 is 2.46 bits per heavy atom. The number of anilines is 1. The standard InChI is InChI=1S/C14H12BrF3N6O2S2/c15-10-1-2-12(27-10)28(25,26)23-5-3-22(4-6-23)11-7-9(14(16,17)18)21-13-19-8-20-24(11)13/h1-2,7-8H,3-6H2. The number of rotatable bonds is 3. The minimum Gasteiger partial charge on any atom is -0.354 e. The molecular formula is C14H12BrF3N6O2S2. The molecule has 1 aliphatic heterocycles. The summed E-state index contributed by atoms with van der Waals surface area (Å²) in [5, 5.41) is 3.93. The number of hydrogen-bond donors (Lipinski definition) is 0. The van der Waals surface area contributed by atoms with Gasteiger partial charge in [0.25, 0.3) is 15.8 Å². The van der Waals surface area contributed by atoms with E-state index < -0.39 is 21.9 Å². The van der Waals surface area contributed by atoms with Crippen LogP contribution >= 0.6 is 27.3 Å². The van der Waals surface area contributed by atoms with Gasteiger partial charge >= 0.3 is 6.18 Å². The van der Waals surface area contributed by atoms with Gasteiger partial charge in [-0.3, -0.25) is 0 Å². The summed E-state index contributed by atoms with van der Waals surface area (Å²) < 4.78 is 68.3. The molecule has 0 bridgehead atoms. The van der Waals surface area contributed by atoms with Gasteiger partial charge in [-0.1, -0.05) is 0 Å². The van der Waals surface area contributed by atoms with E-state index in [1.54, 1.807) is 11.0 Å². The van der Waals surface area contributed by atoms with E-state index in [1.807, 2.05) is 0 Å². The maximum absolute atomic E-state index is 13.1. The van der Waals surface area contributed by atoms with Crippen molar-refractivity contribution in [1.82, 2.24) is 23.9 Å². The van der Waals surface area contributed by atoms with Crippen LogP contribution < -0.4 is 4.90 Å². The van der Waals surface area contributed by atoms with Crippen LogP contribution in [0.2, 0.25) is 0 Å². The molecule has 1 aliphatic rings. The van der Waals surface area contributed by atoms with Crippen molar-refractivity contribution in [3.05, 3.63) is 34.0 Å². The van der Waals surface area contributed by atoms with Crippen LogP contribution in [0.4, 0.5) is 19.0 Å². The van der Waals surface area contributed by atoms with Gasteiger partial charge in [-0.05, 0) is 28.1 Å². The number of aromatic nitrogens is 4. The lowest BCUT2D eigenvalue weighted by Gasteiger charge is -2.35. The van der Waals surface area contributed by atoms with E-state index in [0.717, 1.165) is 23.7 Å². The minimum absolute atomic E-state index is 0.137. The number of halogens is 4. The molecular weight excluding hydrogens is 485 g/mol. The lowest BCUT2D eigenvalue weighted by molar-refractivity contribution is -0.141. The summed E-state index contributed by atoms with van der Waals surface area (Å²) in [5.74, 6) is 0.00838. The summed E-state index contributed by atoms with van der Waals surface area (Å²) in [7, 11) is -3.64. The lowest BCUT2D eigenvalue weighted by atomic mass is 10.3. The third-order valence-electron chi connectivity index (χ3n) is 4.23. The van der Waals surface area contributed by atoms with Crippen LogP contribution in [0.1, 0.15) is 5.69 Å². The fourth-order valence-electron chi connectivity index (χ4n) is 2.89. The number of fused-ring (bicyclic) bond motifs is 1. The van der Waals surface area contributed by atoms with Gasteiger partial charge in [-0.25, -0.2) is 13.4 Å². The highest BCUT2D eigenvalue weighted by molar-refractivity contribution is 9.11. The zero-order chi connectivity index (χ0) is 20.1. The van der Waals surface area contributed by atoms with Gasteiger partial charge in [-0.15, -0.1) is 11.3 Å². The zero-order valence-corrected chi connectivity index (χ0v) is 17.2. The smallest absolute Gasteiger partial charge is 0.354 e. The Labute approximate surface area is 169 Å². The first kappa shape index (κ1) is 19.5. The van der Waals surface area contributed by atoms with Gasteiger partial charge in [0.05, 0.1) is 3.79 Å². The van der Waals surface area contributed by atoms with E-state index in [-0.39, 0.29) is 42.0 Å². The van der Waals surface area contributed by atoms with E-state index >= 15 is 0 Å². The van der Waals surface area contributed by atoms with Crippen molar-refractivity contribution in [2.75, 3.05) is 31.1 Å². The summed E-state index contributed by atoms with van der Waals surface area (Å²) in [6.45, 7) is 0.694. The van der Waals surface area contributed by atoms with Crippen LogP contribution in [0.15, 0.2) is 32.5 Å². The number of thiophene rings is 1. The zero-order valence-electron chi connectivity index (χ0n) is 14.0. The highest BCUT2D eigenvalue weighted by atomic mass is 79.9. The second-order valence-corrected chi connectivity index (χ2v) is 10.5. The molecule has 0 aromatic carbocycles. The van der Waals surface area contributed by atoms with Crippen LogP contribution in [0.25, 0.3) is 5.78 Å². The topological polar surface area (TPSA) is 83.7 Å². The third kappa shape index (κ3) is 3.49. The molecule has 1 fully saturated rings. The Morgan fingerprint density at radius 1 is 1.14 bits per heavy atom. The Bertz CT molecular complexity index is 1120. The average Bonchev–Trinajstić information content (AvgIpc) is 3.29. The number of nitrogens with zero attached hydrogens (tertiary/aromatic N) is 6. The van der Waals surface area contributed by atoms with Gasteiger partial charge in [0.2, 0.25) is 0 Å². The Hall–Kier alpha value is -1.77. The highest BCUT2D eigenvalue weighted by Gasteiger charge is 2.36. The second kappa shape index (κ2) is 6.93. The molecule has 0 N–H and O–H groups in total. The summed E-state index contributed by atoms with van der Waals surface area (Å²) in [6, 6.07) is 4.08. The van der Waals surface area contributed by atoms with Crippen LogP contribution in [-0.4, -0.2) is 58.5 Å². The lowest BCUT2D eigenvalue weighted by Crippen LogP contribution is -2.49. The Kier molecular flexibility index (Phi) is 4.84. The molecule has 28 heavy (non-hydrogen) atoms. The number of piperazine rings is 1. The highest BCUT2D eigenvalue weighted by Crippen LogP contribution is 2.32. The van der Waals surface area contributed by atoms with Crippen LogP contribution in [0, 0.1) is 0 Å². The Balaban J connectivity index is 1.60. The molecule has 0 aliphatic carbocycles. The largest absolute Gasteiger partial charge is 0.433 e. The molecule has 4 heterocycles. The van der Waals surface area contributed by atoms with E-state index in [2.05, 4.69) is 31.0 Å². The maximum Gasteiger partial charge on any atom is 0.433 e. The molecule has 3 aromatic heterocycles. The first-order chi connectivity index (χ1) is 13.2. The minimum atomic E-state index is -4.62. The van der Waals surface area contributed by atoms with Gasteiger partial charge in [0.15, 0.2) is 5.69 Å². The van der Waals surface area contributed by atoms with Crippen molar-refractivity contribution < 1.29 is 21.6 Å². The first-order valence-electron chi connectivity index (χ1n) is 7.95. The first-order valence-corrected chi connectivity index (χ1v) is 11.0. The fourth-order valence-corrected chi connectivity index (χ4v) is 6.47. The van der Waals surface area contributed by atoms with Crippen LogP contribution in [-0.2, 0) is 16.2 Å². The average molecular weight is 497 g/mol. The normalized spacial score (nSPS) is 16.8. The van der Waals surface area contributed by atoms with Gasteiger partial charge in [0, 0.05) is 32.2 Å². The molecule has 0 atom stereocenters.